The third-order valence-corrected chi connectivity index (χ3v) is 4.73. The molecule has 0 spiro atoms. The van der Waals surface area contributed by atoms with Crippen molar-refractivity contribution in [2.45, 2.75) is 20.3 Å². The molecule has 0 amide bonds. The van der Waals surface area contributed by atoms with E-state index in [9.17, 15) is 0 Å². The summed E-state index contributed by atoms with van der Waals surface area (Å²) in [7, 11) is 0. The normalized spacial score (nSPS) is 11.4. The molecule has 1 aliphatic carbocycles. The average molecular weight is 447 g/mol. The van der Waals surface area contributed by atoms with E-state index in [4.69, 9.17) is 0 Å². The van der Waals surface area contributed by atoms with Gasteiger partial charge in [-0.25, -0.2) is 0 Å². The van der Waals surface area contributed by atoms with Crippen LogP contribution in [0.4, 0.5) is 0 Å². The fourth-order valence-electron chi connectivity index (χ4n) is 3.16. The van der Waals surface area contributed by atoms with Crippen LogP contribution in [0.25, 0.3) is 11.1 Å². The van der Waals surface area contributed by atoms with Crippen LogP contribution < -0.4 is 0 Å². The van der Waals surface area contributed by atoms with Gasteiger partial charge in [-0.15, -0.1) is 29.3 Å². The van der Waals surface area contributed by atoms with Crippen molar-refractivity contribution in [2.75, 3.05) is 0 Å². The summed E-state index contributed by atoms with van der Waals surface area (Å²) in [4.78, 5) is 0. The molecule has 32 heavy (non-hydrogen) atoms. The van der Waals surface area contributed by atoms with Crippen LogP contribution in [0.5, 0.6) is 0 Å². The monoisotopic (exact) mass is 447 g/mol. The summed E-state index contributed by atoms with van der Waals surface area (Å²) >= 11 is 0. The molecule has 0 bridgehead atoms. The summed E-state index contributed by atoms with van der Waals surface area (Å²) < 4.78 is 0. The zero-order valence-electron chi connectivity index (χ0n) is 18.7. The molecular weight excluding hydrogens is 420 g/mol. The Bertz CT molecular complexity index is 989. The molecule has 1 heteroatoms. The predicted molar refractivity (Wildman–Crippen MR) is 132 cm³/mol. The molecular formula is C31H27Ti. The maximum Gasteiger partial charge on any atom is 3.00 e. The van der Waals surface area contributed by atoms with Gasteiger partial charge in [0.15, 0.2) is 0 Å². The summed E-state index contributed by atoms with van der Waals surface area (Å²) in [6.07, 6.45) is 6.60. The first kappa shape index (κ1) is 25.3. The third-order valence-electron chi connectivity index (χ3n) is 4.73. The summed E-state index contributed by atoms with van der Waals surface area (Å²) in [6.45, 7) is 4.10. The van der Waals surface area contributed by atoms with Gasteiger partial charge in [0.2, 0.25) is 0 Å². The van der Waals surface area contributed by atoms with E-state index in [1.54, 1.807) is 0 Å². The van der Waals surface area contributed by atoms with Crippen molar-refractivity contribution in [1.29, 1.82) is 0 Å². The molecule has 0 unspecified atom stereocenters. The molecule has 0 fully saturated rings. The van der Waals surface area contributed by atoms with Gasteiger partial charge in [0, 0.05) is 0 Å². The minimum atomic E-state index is 0. The van der Waals surface area contributed by atoms with Crippen LogP contribution in [0, 0.1) is 32.1 Å². The number of aryl methyl sites for hydroxylation is 2. The molecule has 4 aromatic carbocycles. The first-order valence-corrected chi connectivity index (χ1v) is 10.5. The largest absolute Gasteiger partial charge is 3.00 e. The molecule has 0 aliphatic heterocycles. The van der Waals surface area contributed by atoms with E-state index in [1.165, 1.54) is 33.4 Å². The number of hydrogen-bond acceptors (Lipinski definition) is 0. The maximum absolute atomic E-state index is 3.45. The Morgan fingerprint density at radius 2 is 1.09 bits per heavy atom. The SMILES string of the molecule is Cc1c[c-]ccc1.Cc1c[c-]ccc1.[C-]1=C(c2ccccc2)C(c2ccccc2)=CC1.[Ti+3]. The van der Waals surface area contributed by atoms with E-state index in [2.05, 4.69) is 105 Å². The second-order valence-corrected chi connectivity index (χ2v) is 7.27. The van der Waals surface area contributed by atoms with Crippen LogP contribution in [0.3, 0.4) is 0 Å². The zero-order chi connectivity index (χ0) is 21.7. The first-order chi connectivity index (χ1) is 15.2. The Balaban J connectivity index is 0.000000201. The molecule has 1 aliphatic rings. The molecule has 4 aromatic rings. The molecule has 155 valence electrons. The van der Waals surface area contributed by atoms with Crippen LogP contribution in [-0.2, 0) is 21.7 Å². The number of benzene rings is 4. The van der Waals surface area contributed by atoms with Crippen LogP contribution in [0.1, 0.15) is 28.7 Å². The molecule has 0 nitrogen and oxygen atoms in total. The minimum absolute atomic E-state index is 0. The van der Waals surface area contributed by atoms with Gasteiger partial charge in [0.25, 0.3) is 0 Å². The summed E-state index contributed by atoms with van der Waals surface area (Å²) in [6, 6.07) is 42.7. The van der Waals surface area contributed by atoms with Crippen molar-refractivity contribution in [3.05, 3.63) is 156 Å². The molecule has 0 saturated heterocycles. The van der Waals surface area contributed by atoms with Gasteiger partial charge in [0.05, 0.1) is 0 Å². The third kappa shape index (κ3) is 8.31. The summed E-state index contributed by atoms with van der Waals surface area (Å²) in [5.41, 5.74) is 7.59. The second-order valence-electron chi connectivity index (χ2n) is 7.27. The van der Waals surface area contributed by atoms with Crippen LogP contribution >= 0.6 is 0 Å². The van der Waals surface area contributed by atoms with Crippen molar-refractivity contribution in [3.8, 4) is 0 Å². The van der Waals surface area contributed by atoms with Gasteiger partial charge in [-0.1, -0.05) is 74.4 Å². The Kier molecular flexibility index (Phi) is 11.2. The van der Waals surface area contributed by atoms with E-state index in [0.29, 0.717) is 0 Å². The molecule has 0 aromatic heterocycles. The van der Waals surface area contributed by atoms with Gasteiger partial charge in [-0.05, 0) is 0 Å². The topological polar surface area (TPSA) is 0 Å². The van der Waals surface area contributed by atoms with Gasteiger partial charge in [-0.2, -0.15) is 83.4 Å². The minimum Gasteiger partial charge on any atom is -0.197 e. The van der Waals surface area contributed by atoms with Gasteiger partial charge in [0.1, 0.15) is 0 Å². The van der Waals surface area contributed by atoms with E-state index in [-0.39, 0.29) is 21.7 Å². The van der Waals surface area contributed by atoms with Crippen molar-refractivity contribution in [1.82, 2.24) is 0 Å². The van der Waals surface area contributed by atoms with E-state index in [0.717, 1.165) is 6.42 Å². The zero-order valence-corrected chi connectivity index (χ0v) is 20.2. The van der Waals surface area contributed by atoms with Crippen molar-refractivity contribution < 1.29 is 21.7 Å². The van der Waals surface area contributed by atoms with Gasteiger partial charge >= 0.3 is 21.7 Å². The Hall–Kier alpha value is -2.93. The standard InChI is InChI=1S/C17H13.2C7H7.Ti/c1-3-8-14(9-4-1)16-12-7-13-17(16)15-10-5-2-6-11-15;2*1-7-5-3-2-4-6-7;/h1-6,8-12H,7H2;2*2-3,5-6H,1H3;/q3*-1;+3. The summed E-state index contributed by atoms with van der Waals surface area (Å²) in [5, 5.41) is 0. The van der Waals surface area contributed by atoms with Crippen molar-refractivity contribution >= 4 is 11.1 Å². The fraction of sp³-hybridized carbons (Fsp3) is 0.0968. The Morgan fingerprint density at radius 3 is 1.50 bits per heavy atom. The second kappa shape index (κ2) is 14.2. The molecule has 0 N–H and O–H groups in total. The van der Waals surface area contributed by atoms with Crippen molar-refractivity contribution in [2.24, 2.45) is 0 Å². The van der Waals surface area contributed by atoms with E-state index >= 15 is 0 Å². The van der Waals surface area contributed by atoms with Crippen molar-refractivity contribution in [3.63, 3.8) is 0 Å². The van der Waals surface area contributed by atoms with E-state index in [1.807, 2.05) is 42.5 Å². The van der Waals surface area contributed by atoms with E-state index < -0.39 is 0 Å². The number of hydrogen-bond donors (Lipinski definition) is 0. The molecule has 0 atom stereocenters. The van der Waals surface area contributed by atoms with Gasteiger partial charge < -0.3 is 0 Å². The Morgan fingerprint density at radius 1 is 0.594 bits per heavy atom. The quantitative estimate of drug-likeness (QED) is 0.216. The van der Waals surface area contributed by atoms with Crippen LogP contribution in [-0.4, -0.2) is 0 Å². The molecule has 0 heterocycles. The number of allylic oxidation sites excluding steroid dienone is 4. The average Bonchev–Trinajstić information content (AvgIpc) is 3.32. The van der Waals surface area contributed by atoms with Gasteiger partial charge in [-0.3, -0.25) is 0 Å². The smallest absolute Gasteiger partial charge is 0.197 e. The maximum atomic E-state index is 3.45. The Labute approximate surface area is 208 Å². The molecule has 0 saturated carbocycles. The molecule has 1 radical (unpaired) electrons. The fourth-order valence-corrected chi connectivity index (χ4v) is 3.16. The summed E-state index contributed by atoms with van der Waals surface area (Å²) in [5.74, 6) is 0. The molecule has 5 rings (SSSR count). The predicted octanol–water partition coefficient (Wildman–Crippen LogP) is 7.95. The van der Waals surface area contributed by atoms with Crippen LogP contribution in [0.2, 0.25) is 0 Å². The number of rotatable bonds is 2. The first-order valence-electron chi connectivity index (χ1n) is 10.5. The van der Waals surface area contributed by atoms with Crippen LogP contribution in [0.15, 0.2) is 115 Å².